The zero-order chi connectivity index (χ0) is 11.1. The average Bonchev–Trinajstić information content (AvgIpc) is 2.01. The number of amides is 1. The summed E-state index contributed by atoms with van der Waals surface area (Å²) in [5.41, 5.74) is 0. The van der Waals surface area contributed by atoms with Gasteiger partial charge in [0.25, 0.3) is 5.24 Å². The molecule has 0 aliphatic carbocycles. The summed E-state index contributed by atoms with van der Waals surface area (Å²) in [5.74, 6) is 1.97. The molecule has 1 amide bonds. The number of hydrogen-bond acceptors (Lipinski definition) is 2. The Morgan fingerprint density at radius 2 is 1.53 bits per heavy atom. The molecular weight excluding hydrogens is 313 g/mol. The van der Waals surface area contributed by atoms with Gasteiger partial charge in [-0.3, -0.25) is 4.79 Å². The van der Waals surface area contributed by atoms with Crippen molar-refractivity contribution in [1.29, 1.82) is 0 Å². The predicted octanol–water partition coefficient (Wildman–Crippen LogP) is 2.56. The monoisotopic (exact) mass is 339 g/mol. The van der Waals surface area contributed by atoms with Gasteiger partial charge >= 0.3 is 23.9 Å². The molecule has 0 aromatic carbocycles. The minimum absolute atomic E-state index is 0. The molecule has 0 heterocycles. The Kier molecular flexibility index (Phi) is 11.8. The fourth-order valence-corrected chi connectivity index (χ4v) is 1.90. The van der Waals surface area contributed by atoms with Crippen LogP contribution in [0.5, 0.6) is 0 Å². The van der Waals surface area contributed by atoms with Crippen molar-refractivity contribution in [2.45, 2.75) is 34.6 Å². The number of carbonyl (C=O) groups excluding carboxylic acids is 1. The molecular formula is C11H25NOSSn. The second kappa shape index (κ2) is 9.82. The number of nitrogens with zero attached hydrogens (tertiary/aromatic N) is 1. The molecule has 0 unspecified atom stereocenters. The molecule has 0 bridgehead atoms. The Labute approximate surface area is 116 Å². The van der Waals surface area contributed by atoms with E-state index < -0.39 is 0 Å². The topological polar surface area (TPSA) is 20.3 Å². The molecule has 4 heteroatoms. The summed E-state index contributed by atoms with van der Waals surface area (Å²) in [7, 11) is 0. The molecule has 0 rings (SSSR count). The van der Waals surface area contributed by atoms with Crippen molar-refractivity contribution >= 4 is 40.9 Å². The van der Waals surface area contributed by atoms with Crippen LogP contribution in [0.15, 0.2) is 0 Å². The number of carbonyl (C=O) groups is 1. The summed E-state index contributed by atoms with van der Waals surface area (Å²) in [5, 5.41) is 0.231. The van der Waals surface area contributed by atoms with Crippen molar-refractivity contribution in [3.63, 3.8) is 0 Å². The third-order valence-electron chi connectivity index (χ3n) is 1.70. The molecule has 0 atom stereocenters. The van der Waals surface area contributed by atoms with Crippen LogP contribution in [-0.2, 0) is 0 Å². The van der Waals surface area contributed by atoms with Gasteiger partial charge in [-0.2, -0.15) is 0 Å². The summed E-state index contributed by atoms with van der Waals surface area (Å²) in [6.45, 7) is 12.4. The quantitative estimate of drug-likeness (QED) is 0.718. The van der Waals surface area contributed by atoms with Gasteiger partial charge < -0.3 is 4.90 Å². The fraction of sp³-hybridized carbons (Fsp3) is 0.909. The van der Waals surface area contributed by atoms with Crippen LogP contribution >= 0.6 is 11.8 Å². The average molecular weight is 338 g/mol. The van der Waals surface area contributed by atoms with Gasteiger partial charge in [0.2, 0.25) is 0 Å². The zero-order valence-corrected chi connectivity index (χ0v) is 15.6. The molecule has 0 aliphatic heterocycles. The van der Waals surface area contributed by atoms with Crippen LogP contribution in [0.1, 0.15) is 34.6 Å². The van der Waals surface area contributed by atoms with E-state index in [0.717, 1.165) is 18.8 Å². The summed E-state index contributed by atoms with van der Waals surface area (Å²) in [6.07, 6.45) is 0. The molecule has 90 valence electrons. The normalized spacial score (nSPS) is 10.3. The predicted molar refractivity (Wildman–Crippen MR) is 73.3 cm³/mol. The molecule has 0 saturated carbocycles. The molecule has 0 saturated heterocycles. The third kappa shape index (κ3) is 9.54. The van der Waals surface area contributed by atoms with Crippen molar-refractivity contribution in [3.8, 4) is 0 Å². The fourth-order valence-electron chi connectivity index (χ4n) is 1.32. The first-order valence-corrected chi connectivity index (χ1v) is 6.37. The number of hydrogen-bond donors (Lipinski definition) is 0. The minimum atomic E-state index is 0. The molecule has 0 N–H and O–H groups in total. The van der Waals surface area contributed by atoms with Crippen LogP contribution in [0.25, 0.3) is 0 Å². The Morgan fingerprint density at radius 1 is 1.13 bits per heavy atom. The van der Waals surface area contributed by atoms with Gasteiger partial charge in [-0.25, -0.2) is 0 Å². The van der Waals surface area contributed by atoms with Gasteiger partial charge in [0.15, 0.2) is 0 Å². The Hall–Kier alpha value is 0.619. The summed E-state index contributed by atoms with van der Waals surface area (Å²) >= 11 is 1.41. The second-order valence-corrected chi connectivity index (χ2v) is 5.61. The molecule has 0 spiro atoms. The summed E-state index contributed by atoms with van der Waals surface area (Å²) < 4.78 is 0. The van der Waals surface area contributed by atoms with Crippen molar-refractivity contribution in [1.82, 2.24) is 4.90 Å². The molecule has 0 aliphatic rings. The SMILES string of the molecule is CCSC(=O)N(CC(C)C)CC(C)C.[SnH2]. The van der Waals surface area contributed by atoms with Crippen molar-refractivity contribution < 1.29 is 4.79 Å². The first-order valence-electron chi connectivity index (χ1n) is 5.39. The van der Waals surface area contributed by atoms with E-state index in [1.54, 1.807) is 0 Å². The van der Waals surface area contributed by atoms with Gasteiger partial charge in [-0.05, 0) is 17.6 Å². The van der Waals surface area contributed by atoms with E-state index in [4.69, 9.17) is 0 Å². The summed E-state index contributed by atoms with van der Waals surface area (Å²) in [6, 6.07) is 0. The zero-order valence-electron chi connectivity index (χ0n) is 10.7. The molecule has 0 fully saturated rings. The first-order chi connectivity index (χ1) is 6.47. The Morgan fingerprint density at radius 3 is 1.80 bits per heavy atom. The van der Waals surface area contributed by atoms with E-state index in [0.29, 0.717) is 11.8 Å². The van der Waals surface area contributed by atoms with Crippen molar-refractivity contribution in [3.05, 3.63) is 0 Å². The molecule has 2 nitrogen and oxygen atoms in total. The molecule has 0 aromatic heterocycles. The number of rotatable bonds is 5. The maximum absolute atomic E-state index is 11.7. The third-order valence-corrected chi connectivity index (χ3v) is 2.49. The van der Waals surface area contributed by atoms with Gasteiger partial charge in [-0.15, -0.1) is 0 Å². The van der Waals surface area contributed by atoms with E-state index in [2.05, 4.69) is 27.7 Å². The van der Waals surface area contributed by atoms with Gasteiger partial charge in [0.05, 0.1) is 0 Å². The van der Waals surface area contributed by atoms with Crippen molar-refractivity contribution in [2.24, 2.45) is 11.8 Å². The van der Waals surface area contributed by atoms with Gasteiger partial charge in [-0.1, -0.05) is 46.4 Å². The van der Waals surface area contributed by atoms with Gasteiger partial charge in [0.1, 0.15) is 0 Å². The number of thioether (sulfide) groups is 1. The van der Waals surface area contributed by atoms with E-state index in [1.807, 2.05) is 11.8 Å². The second-order valence-electron chi connectivity index (χ2n) is 4.39. The van der Waals surface area contributed by atoms with Crippen LogP contribution in [0, 0.1) is 11.8 Å². The van der Waals surface area contributed by atoms with Crippen LogP contribution < -0.4 is 0 Å². The van der Waals surface area contributed by atoms with Gasteiger partial charge in [0, 0.05) is 13.1 Å². The Balaban J connectivity index is 0. The Bertz CT molecular complexity index is 164. The first kappa shape index (κ1) is 18.0. The van der Waals surface area contributed by atoms with Crippen LogP contribution in [0.3, 0.4) is 0 Å². The molecule has 15 heavy (non-hydrogen) atoms. The maximum atomic E-state index is 11.7. The van der Waals surface area contributed by atoms with E-state index >= 15 is 0 Å². The van der Waals surface area contributed by atoms with E-state index in [1.165, 1.54) is 11.8 Å². The standard InChI is InChI=1S/C11H23NOS.Sn.2H/c1-6-14-11(13)12(7-9(2)3)8-10(4)5;;;/h9-10H,6-8H2,1-5H3;;;. The summed E-state index contributed by atoms with van der Waals surface area (Å²) in [4.78, 5) is 13.7. The van der Waals surface area contributed by atoms with Crippen LogP contribution in [0.4, 0.5) is 4.79 Å². The van der Waals surface area contributed by atoms with Crippen LogP contribution in [0.2, 0.25) is 0 Å². The van der Waals surface area contributed by atoms with Crippen LogP contribution in [-0.4, -0.2) is 52.9 Å². The van der Waals surface area contributed by atoms with E-state index in [9.17, 15) is 4.79 Å². The molecule has 2 radical (unpaired) electrons. The molecule has 0 aromatic rings. The van der Waals surface area contributed by atoms with E-state index in [-0.39, 0.29) is 29.1 Å². The van der Waals surface area contributed by atoms with Crippen molar-refractivity contribution in [2.75, 3.05) is 18.8 Å².